The van der Waals surface area contributed by atoms with Crippen LogP contribution in [-0.2, 0) is 4.79 Å². The monoisotopic (exact) mass is 138 g/mol. The Hall–Kier alpha value is -0.850. The Morgan fingerprint density at radius 3 is 2.70 bits per heavy atom. The smallest absolute Gasteiger partial charge is 0.142 e. The van der Waals surface area contributed by atoms with Crippen molar-refractivity contribution in [2.75, 3.05) is 0 Å². The van der Waals surface area contributed by atoms with Crippen molar-refractivity contribution in [3.8, 4) is 0 Å². The first-order valence-electron chi connectivity index (χ1n) is 3.60. The number of unbranched alkanes of at least 4 members (excludes halogenated alkanes) is 1. The third-order valence-corrected chi connectivity index (χ3v) is 1.19. The van der Waals surface area contributed by atoms with E-state index in [0.29, 0.717) is 0 Å². The van der Waals surface area contributed by atoms with Gasteiger partial charge in [0.2, 0.25) is 0 Å². The molecule has 0 radical (unpaired) electrons. The van der Waals surface area contributed by atoms with Crippen LogP contribution in [0.25, 0.3) is 0 Å². The van der Waals surface area contributed by atoms with E-state index >= 15 is 0 Å². The average molecular weight is 138 g/mol. The van der Waals surface area contributed by atoms with E-state index in [1.54, 1.807) is 0 Å². The van der Waals surface area contributed by atoms with Gasteiger partial charge in [-0.05, 0) is 19.4 Å². The standard InChI is InChI=1S/C9H14O/c1-3-4-6-9(2)7-5-8-10/h5-8H,3-4H2,1-2H3. The molecule has 0 saturated heterocycles. The van der Waals surface area contributed by atoms with Crippen molar-refractivity contribution in [1.82, 2.24) is 0 Å². The van der Waals surface area contributed by atoms with Crippen molar-refractivity contribution in [2.24, 2.45) is 0 Å². The Bertz CT molecular complexity index is 143. The highest BCUT2D eigenvalue weighted by Gasteiger charge is 1.78. The van der Waals surface area contributed by atoms with Crippen LogP contribution < -0.4 is 0 Å². The molecule has 0 rings (SSSR count). The fraction of sp³-hybridized carbons (Fsp3) is 0.444. The van der Waals surface area contributed by atoms with Crippen LogP contribution in [0, 0.1) is 0 Å². The number of aldehydes is 1. The van der Waals surface area contributed by atoms with Crippen molar-refractivity contribution >= 4 is 6.29 Å². The lowest BCUT2D eigenvalue weighted by atomic mass is 10.2. The van der Waals surface area contributed by atoms with E-state index in [9.17, 15) is 4.79 Å². The molecular weight excluding hydrogens is 124 g/mol. The largest absolute Gasteiger partial charge is 0.299 e. The summed E-state index contributed by atoms with van der Waals surface area (Å²) in [6.45, 7) is 4.13. The van der Waals surface area contributed by atoms with E-state index in [1.165, 1.54) is 6.08 Å². The van der Waals surface area contributed by atoms with Crippen LogP contribution in [0.5, 0.6) is 0 Å². The van der Waals surface area contributed by atoms with Gasteiger partial charge in [0.15, 0.2) is 0 Å². The molecule has 0 N–H and O–H groups in total. The normalized spacial score (nSPS) is 12.4. The van der Waals surface area contributed by atoms with Gasteiger partial charge in [0.05, 0.1) is 0 Å². The molecule has 0 atom stereocenters. The third kappa shape index (κ3) is 5.29. The summed E-state index contributed by atoms with van der Waals surface area (Å²) in [6, 6.07) is 0. The number of hydrogen-bond donors (Lipinski definition) is 0. The second-order valence-electron chi connectivity index (χ2n) is 2.23. The summed E-state index contributed by atoms with van der Waals surface area (Å²) in [6.07, 6.45) is 8.51. The quantitative estimate of drug-likeness (QED) is 0.331. The number of hydrogen-bond acceptors (Lipinski definition) is 1. The van der Waals surface area contributed by atoms with Crippen molar-refractivity contribution in [3.63, 3.8) is 0 Å². The van der Waals surface area contributed by atoms with Crippen LogP contribution in [0.3, 0.4) is 0 Å². The summed E-state index contributed by atoms with van der Waals surface area (Å²) in [5.74, 6) is 0. The highest BCUT2D eigenvalue weighted by molar-refractivity contribution is 5.65. The Balaban J connectivity index is 3.69. The zero-order valence-corrected chi connectivity index (χ0v) is 6.63. The number of rotatable bonds is 4. The van der Waals surface area contributed by atoms with Crippen molar-refractivity contribution < 1.29 is 4.79 Å². The lowest BCUT2D eigenvalue weighted by molar-refractivity contribution is -0.104. The summed E-state index contributed by atoms with van der Waals surface area (Å²) in [5.41, 5.74) is 1.16. The summed E-state index contributed by atoms with van der Waals surface area (Å²) < 4.78 is 0. The van der Waals surface area contributed by atoms with Crippen LogP contribution in [-0.4, -0.2) is 6.29 Å². The minimum atomic E-state index is 0.795. The number of carbonyl (C=O) groups is 1. The Kier molecular flexibility index (Phi) is 5.74. The Morgan fingerprint density at radius 2 is 2.20 bits per heavy atom. The van der Waals surface area contributed by atoms with E-state index < -0.39 is 0 Å². The third-order valence-electron chi connectivity index (χ3n) is 1.19. The molecule has 1 nitrogen and oxygen atoms in total. The molecule has 10 heavy (non-hydrogen) atoms. The van der Waals surface area contributed by atoms with Gasteiger partial charge in [0.1, 0.15) is 6.29 Å². The number of carbonyl (C=O) groups excluding carboxylic acids is 1. The molecule has 0 spiro atoms. The molecule has 56 valence electrons. The molecule has 0 heterocycles. The van der Waals surface area contributed by atoms with Gasteiger partial charge in [-0.25, -0.2) is 0 Å². The van der Waals surface area contributed by atoms with Crippen molar-refractivity contribution in [1.29, 1.82) is 0 Å². The second kappa shape index (κ2) is 6.27. The Labute approximate surface area is 62.4 Å². The van der Waals surface area contributed by atoms with Gasteiger partial charge in [-0.2, -0.15) is 0 Å². The van der Waals surface area contributed by atoms with Crippen molar-refractivity contribution in [3.05, 3.63) is 23.8 Å². The first-order chi connectivity index (χ1) is 4.81. The van der Waals surface area contributed by atoms with Gasteiger partial charge < -0.3 is 0 Å². The molecule has 0 aliphatic rings. The van der Waals surface area contributed by atoms with E-state index in [-0.39, 0.29) is 0 Å². The number of allylic oxidation sites excluding steroid dienone is 4. The minimum absolute atomic E-state index is 0.795. The van der Waals surface area contributed by atoms with Crippen LogP contribution in [0.4, 0.5) is 0 Å². The van der Waals surface area contributed by atoms with Gasteiger partial charge in [-0.1, -0.05) is 31.1 Å². The molecule has 0 unspecified atom stereocenters. The molecule has 0 aromatic carbocycles. The highest BCUT2D eigenvalue weighted by atomic mass is 16.1. The van der Waals surface area contributed by atoms with E-state index in [2.05, 4.69) is 13.0 Å². The fourth-order valence-corrected chi connectivity index (χ4v) is 0.631. The summed E-state index contributed by atoms with van der Waals surface area (Å²) in [5, 5.41) is 0. The maximum atomic E-state index is 9.87. The molecule has 1 heteroatoms. The van der Waals surface area contributed by atoms with Gasteiger partial charge >= 0.3 is 0 Å². The molecule has 0 aliphatic carbocycles. The van der Waals surface area contributed by atoms with E-state index in [1.807, 2.05) is 13.0 Å². The van der Waals surface area contributed by atoms with Gasteiger partial charge in [0.25, 0.3) is 0 Å². The minimum Gasteiger partial charge on any atom is -0.299 e. The van der Waals surface area contributed by atoms with Crippen molar-refractivity contribution in [2.45, 2.75) is 26.7 Å². The van der Waals surface area contributed by atoms with Gasteiger partial charge in [-0.15, -0.1) is 0 Å². The molecule has 0 aromatic heterocycles. The predicted molar refractivity (Wildman–Crippen MR) is 43.9 cm³/mol. The molecule has 0 aromatic rings. The van der Waals surface area contributed by atoms with Gasteiger partial charge in [-0.3, -0.25) is 4.79 Å². The van der Waals surface area contributed by atoms with E-state index in [4.69, 9.17) is 0 Å². The summed E-state index contributed by atoms with van der Waals surface area (Å²) >= 11 is 0. The zero-order chi connectivity index (χ0) is 7.82. The molecule has 0 fully saturated rings. The average Bonchev–Trinajstić information content (AvgIpc) is 1.97. The topological polar surface area (TPSA) is 17.1 Å². The van der Waals surface area contributed by atoms with Crippen LogP contribution in [0.2, 0.25) is 0 Å². The Morgan fingerprint density at radius 1 is 1.50 bits per heavy atom. The van der Waals surface area contributed by atoms with Crippen LogP contribution >= 0.6 is 0 Å². The maximum absolute atomic E-state index is 9.87. The molecule has 0 bridgehead atoms. The predicted octanol–water partition coefficient (Wildman–Crippen LogP) is 2.49. The first kappa shape index (κ1) is 9.15. The van der Waals surface area contributed by atoms with E-state index in [0.717, 1.165) is 24.7 Å². The molecular formula is C9H14O. The van der Waals surface area contributed by atoms with Crippen LogP contribution in [0.1, 0.15) is 26.7 Å². The molecule has 0 saturated carbocycles. The SMILES string of the molecule is CCCC=C(C)C=CC=O. The lowest BCUT2D eigenvalue weighted by Crippen LogP contribution is -1.69. The fourth-order valence-electron chi connectivity index (χ4n) is 0.631. The maximum Gasteiger partial charge on any atom is 0.142 e. The summed E-state index contributed by atoms with van der Waals surface area (Å²) in [7, 11) is 0. The lowest BCUT2D eigenvalue weighted by Gasteiger charge is -1.88. The zero-order valence-electron chi connectivity index (χ0n) is 6.63. The first-order valence-corrected chi connectivity index (χ1v) is 3.60. The van der Waals surface area contributed by atoms with Crippen LogP contribution in [0.15, 0.2) is 23.8 Å². The summed E-state index contributed by atoms with van der Waals surface area (Å²) in [4.78, 5) is 9.87. The van der Waals surface area contributed by atoms with Gasteiger partial charge in [0, 0.05) is 0 Å². The highest BCUT2D eigenvalue weighted by Crippen LogP contribution is 1.98. The molecule has 0 amide bonds. The molecule has 0 aliphatic heterocycles. The second-order valence-corrected chi connectivity index (χ2v) is 2.23.